The van der Waals surface area contributed by atoms with Gasteiger partial charge in [0.25, 0.3) is 5.91 Å². The van der Waals surface area contributed by atoms with Gasteiger partial charge >= 0.3 is 0 Å². The summed E-state index contributed by atoms with van der Waals surface area (Å²) >= 11 is 0. The van der Waals surface area contributed by atoms with Crippen LogP contribution in [0.3, 0.4) is 0 Å². The fourth-order valence-electron chi connectivity index (χ4n) is 3.76. The number of piperazine rings is 1. The third-order valence-corrected chi connectivity index (χ3v) is 5.44. The minimum Gasteiger partial charge on any atom is -0.368 e. The quantitative estimate of drug-likeness (QED) is 0.358. The first-order chi connectivity index (χ1) is 14.0. The first-order valence-electron chi connectivity index (χ1n) is 10.4. The summed E-state index contributed by atoms with van der Waals surface area (Å²) in [5.74, 6) is -0.452. The van der Waals surface area contributed by atoms with Gasteiger partial charge in [0.2, 0.25) is 0 Å². The SMILES string of the molecule is CCNC(=NCC(C)c1ccc(F)cc1F)N1CCN(C(=O)C2CCCO2)CC1.I. The molecule has 2 aliphatic heterocycles. The Bertz CT molecular complexity index is 736. The van der Waals surface area contributed by atoms with E-state index in [0.29, 0.717) is 51.4 Å². The molecule has 0 radical (unpaired) electrons. The number of rotatable bonds is 5. The Morgan fingerprint density at radius 2 is 1.97 bits per heavy atom. The summed E-state index contributed by atoms with van der Waals surface area (Å²) in [5.41, 5.74) is 0.456. The zero-order chi connectivity index (χ0) is 20.8. The average Bonchev–Trinajstić information content (AvgIpc) is 3.25. The standard InChI is InChI=1S/C21H30F2N4O2.HI/c1-3-24-21(25-14-15(2)17-7-6-16(22)13-18(17)23)27-10-8-26(9-11-27)20(28)19-5-4-12-29-19;/h6-7,13,15,19H,3-5,8-12,14H2,1-2H3,(H,24,25);1H. The van der Waals surface area contributed by atoms with E-state index in [2.05, 4.69) is 15.2 Å². The van der Waals surface area contributed by atoms with E-state index in [1.54, 1.807) is 0 Å². The van der Waals surface area contributed by atoms with E-state index < -0.39 is 11.6 Å². The Morgan fingerprint density at radius 3 is 2.57 bits per heavy atom. The highest BCUT2D eigenvalue weighted by atomic mass is 127. The number of guanidine groups is 1. The molecule has 1 aromatic carbocycles. The zero-order valence-corrected chi connectivity index (χ0v) is 19.9. The van der Waals surface area contributed by atoms with Crippen LogP contribution in [-0.4, -0.2) is 73.6 Å². The second-order valence-electron chi connectivity index (χ2n) is 7.58. The lowest BCUT2D eigenvalue weighted by Gasteiger charge is -2.37. The number of nitrogens with zero attached hydrogens (tertiary/aromatic N) is 3. The number of nitrogens with one attached hydrogen (secondary N) is 1. The largest absolute Gasteiger partial charge is 0.368 e. The lowest BCUT2D eigenvalue weighted by Crippen LogP contribution is -2.55. The smallest absolute Gasteiger partial charge is 0.251 e. The minimum atomic E-state index is -0.578. The molecule has 1 amide bonds. The van der Waals surface area contributed by atoms with Crippen molar-refractivity contribution in [2.24, 2.45) is 4.99 Å². The molecule has 30 heavy (non-hydrogen) atoms. The molecule has 2 heterocycles. The number of halogens is 3. The highest BCUT2D eigenvalue weighted by Gasteiger charge is 2.31. The minimum absolute atomic E-state index is 0. The second kappa shape index (κ2) is 11.8. The van der Waals surface area contributed by atoms with Gasteiger partial charge in [0.1, 0.15) is 17.7 Å². The van der Waals surface area contributed by atoms with E-state index in [9.17, 15) is 13.6 Å². The molecule has 1 N–H and O–H groups in total. The maximum atomic E-state index is 14.0. The first kappa shape index (κ1) is 24.8. The maximum absolute atomic E-state index is 14.0. The summed E-state index contributed by atoms with van der Waals surface area (Å²) in [7, 11) is 0. The van der Waals surface area contributed by atoms with Crippen molar-refractivity contribution >= 4 is 35.8 Å². The highest BCUT2D eigenvalue weighted by molar-refractivity contribution is 14.0. The molecule has 3 rings (SSSR count). The normalized spacial score (nSPS) is 20.7. The van der Waals surface area contributed by atoms with Crippen molar-refractivity contribution < 1.29 is 18.3 Å². The molecule has 9 heteroatoms. The second-order valence-corrected chi connectivity index (χ2v) is 7.58. The number of aliphatic imine (C=N–C) groups is 1. The summed E-state index contributed by atoms with van der Waals surface area (Å²) in [6.07, 6.45) is 1.47. The molecule has 0 aliphatic carbocycles. The Balaban J connectivity index is 0.00000320. The number of hydrogen-bond acceptors (Lipinski definition) is 3. The maximum Gasteiger partial charge on any atom is 0.251 e. The van der Waals surface area contributed by atoms with E-state index >= 15 is 0 Å². The average molecular weight is 536 g/mol. The van der Waals surface area contributed by atoms with E-state index in [1.807, 2.05) is 18.7 Å². The number of hydrogen-bond donors (Lipinski definition) is 1. The first-order valence-corrected chi connectivity index (χ1v) is 10.4. The van der Waals surface area contributed by atoms with Crippen molar-refractivity contribution in [2.75, 3.05) is 45.9 Å². The van der Waals surface area contributed by atoms with E-state index in [4.69, 9.17) is 4.74 Å². The van der Waals surface area contributed by atoms with Crippen LogP contribution < -0.4 is 5.32 Å². The molecule has 2 atom stereocenters. The predicted molar refractivity (Wildman–Crippen MR) is 123 cm³/mol. The van der Waals surface area contributed by atoms with Gasteiger partial charge in [-0.15, -0.1) is 24.0 Å². The van der Waals surface area contributed by atoms with Gasteiger partial charge in [0.15, 0.2) is 5.96 Å². The van der Waals surface area contributed by atoms with Gasteiger partial charge < -0.3 is 19.9 Å². The van der Waals surface area contributed by atoms with E-state index in [0.717, 1.165) is 24.9 Å². The van der Waals surface area contributed by atoms with Crippen LogP contribution in [0.1, 0.15) is 38.2 Å². The summed E-state index contributed by atoms with van der Waals surface area (Å²) in [4.78, 5) is 21.2. The fourth-order valence-corrected chi connectivity index (χ4v) is 3.76. The molecule has 2 unspecified atom stereocenters. The van der Waals surface area contributed by atoms with Crippen LogP contribution >= 0.6 is 24.0 Å². The van der Waals surface area contributed by atoms with Crippen LogP contribution in [0.4, 0.5) is 8.78 Å². The van der Waals surface area contributed by atoms with Gasteiger partial charge in [-0.2, -0.15) is 0 Å². The van der Waals surface area contributed by atoms with Crippen molar-refractivity contribution in [1.82, 2.24) is 15.1 Å². The monoisotopic (exact) mass is 536 g/mol. The van der Waals surface area contributed by atoms with Crippen LogP contribution in [0.5, 0.6) is 0 Å². The molecule has 168 valence electrons. The third kappa shape index (κ3) is 6.26. The van der Waals surface area contributed by atoms with Gasteiger partial charge in [-0.05, 0) is 31.4 Å². The highest BCUT2D eigenvalue weighted by Crippen LogP contribution is 2.20. The van der Waals surface area contributed by atoms with E-state index in [-0.39, 0.29) is 41.9 Å². The Morgan fingerprint density at radius 1 is 1.27 bits per heavy atom. The van der Waals surface area contributed by atoms with Gasteiger partial charge in [-0.1, -0.05) is 13.0 Å². The lowest BCUT2D eigenvalue weighted by atomic mass is 10.0. The number of amides is 1. The van der Waals surface area contributed by atoms with Crippen LogP contribution in [0.15, 0.2) is 23.2 Å². The number of carbonyl (C=O) groups is 1. The number of benzene rings is 1. The molecule has 0 aromatic heterocycles. The van der Waals surface area contributed by atoms with Crippen molar-refractivity contribution in [1.29, 1.82) is 0 Å². The topological polar surface area (TPSA) is 57.2 Å². The molecule has 0 saturated carbocycles. The molecule has 0 bridgehead atoms. The summed E-state index contributed by atoms with van der Waals surface area (Å²) in [6, 6.07) is 3.66. The summed E-state index contributed by atoms with van der Waals surface area (Å²) < 4.78 is 32.7. The molecule has 2 fully saturated rings. The molecule has 0 spiro atoms. The zero-order valence-electron chi connectivity index (χ0n) is 17.6. The van der Waals surface area contributed by atoms with Crippen LogP contribution in [0, 0.1) is 11.6 Å². The summed E-state index contributed by atoms with van der Waals surface area (Å²) in [5, 5.41) is 3.28. The van der Waals surface area contributed by atoms with Crippen molar-refractivity contribution in [3.63, 3.8) is 0 Å². The van der Waals surface area contributed by atoms with Gasteiger partial charge in [0, 0.05) is 57.9 Å². The van der Waals surface area contributed by atoms with Gasteiger partial charge in [-0.25, -0.2) is 8.78 Å². The Hall–Kier alpha value is -1.49. The molecule has 1 aromatic rings. The Kier molecular flexibility index (Phi) is 9.73. The number of ether oxygens (including phenoxy) is 1. The molecular formula is C21H31F2IN4O2. The fraction of sp³-hybridized carbons (Fsp3) is 0.619. The van der Waals surface area contributed by atoms with Gasteiger partial charge in [0.05, 0.1) is 0 Å². The van der Waals surface area contributed by atoms with Gasteiger partial charge in [-0.3, -0.25) is 9.79 Å². The van der Waals surface area contributed by atoms with Crippen molar-refractivity contribution in [3.8, 4) is 0 Å². The lowest BCUT2D eigenvalue weighted by molar-refractivity contribution is -0.142. The third-order valence-electron chi connectivity index (χ3n) is 5.44. The molecular weight excluding hydrogens is 505 g/mol. The van der Waals surface area contributed by atoms with Crippen LogP contribution in [0.25, 0.3) is 0 Å². The molecule has 2 aliphatic rings. The number of carbonyl (C=O) groups excluding carboxylic acids is 1. The Labute approximate surface area is 194 Å². The van der Waals surface area contributed by atoms with Crippen LogP contribution in [-0.2, 0) is 9.53 Å². The summed E-state index contributed by atoms with van der Waals surface area (Å²) in [6.45, 7) is 8.27. The molecule has 6 nitrogen and oxygen atoms in total. The van der Waals surface area contributed by atoms with Crippen molar-refractivity contribution in [3.05, 3.63) is 35.4 Å². The molecule has 2 saturated heterocycles. The van der Waals surface area contributed by atoms with Crippen molar-refractivity contribution in [2.45, 2.75) is 38.7 Å². The van der Waals surface area contributed by atoms with Crippen LogP contribution in [0.2, 0.25) is 0 Å². The van der Waals surface area contributed by atoms with E-state index in [1.165, 1.54) is 12.1 Å². The predicted octanol–water partition coefficient (Wildman–Crippen LogP) is 2.98.